The Hall–Kier alpha value is -0.910. The Morgan fingerprint density at radius 2 is 2.18 bits per heavy atom. The number of hydrogen-bond donors (Lipinski definition) is 1. The Morgan fingerprint density at radius 3 is 2.73 bits per heavy atom. The molecular weight excluding hydrogens is 167 g/mol. The molecule has 1 heterocycles. The van der Waals surface area contributed by atoms with Crippen LogP contribution in [0.25, 0.3) is 0 Å². The SMILES string of the molecule is CSc1nc(N)nc(CF)n1. The van der Waals surface area contributed by atoms with Crippen LogP contribution in [0.1, 0.15) is 5.82 Å². The van der Waals surface area contributed by atoms with E-state index in [-0.39, 0.29) is 11.8 Å². The average molecular weight is 174 g/mol. The molecule has 0 saturated heterocycles. The molecule has 6 heteroatoms. The Balaban J connectivity index is 3.02. The number of thioether (sulfide) groups is 1. The maximum absolute atomic E-state index is 12.0. The van der Waals surface area contributed by atoms with E-state index in [2.05, 4.69) is 15.0 Å². The number of nitrogen functional groups attached to an aromatic ring is 1. The van der Waals surface area contributed by atoms with Crippen molar-refractivity contribution in [3.05, 3.63) is 5.82 Å². The van der Waals surface area contributed by atoms with Gasteiger partial charge >= 0.3 is 0 Å². The van der Waals surface area contributed by atoms with E-state index in [4.69, 9.17) is 5.73 Å². The number of alkyl halides is 1. The molecule has 0 aliphatic heterocycles. The van der Waals surface area contributed by atoms with Gasteiger partial charge in [-0.15, -0.1) is 0 Å². The van der Waals surface area contributed by atoms with Gasteiger partial charge in [0.2, 0.25) is 5.95 Å². The first-order valence-corrected chi connectivity index (χ1v) is 4.09. The summed E-state index contributed by atoms with van der Waals surface area (Å²) in [6.45, 7) is -0.708. The molecule has 0 saturated carbocycles. The molecule has 2 N–H and O–H groups in total. The van der Waals surface area contributed by atoms with Crippen LogP contribution in [0.4, 0.5) is 10.3 Å². The highest BCUT2D eigenvalue weighted by Crippen LogP contribution is 2.09. The Kier molecular flexibility index (Phi) is 2.58. The van der Waals surface area contributed by atoms with E-state index in [0.717, 1.165) is 0 Å². The van der Waals surface area contributed by atoms with Crippen LogP contribution in [-0.2, 0) is 6.67 Å². The first-order valence-electron chi connectivity index (χ1n) is 2.86. The van der Waals surface area contributed by atoms with Gasteiger partial charge in [-0.25, -0.2) is 9.37 Å². The van der Waals surface area contributed by atoms with Crippen LogP contribution >= 0.6 is 11.8 Å². The molecule has 1 rings (SSSR count). The molecule has 0 aliphatic rings. The molecule has 0 unspecified atom stereocenters. The fourth-order valence-corrected chi connectivity index (χ4v) is 0.948. The van der Waals surface area contributed by atoms with Crippen LogP contribution in [0.15, 0.2) is 5.16 Å². The normalized spacial score (nSPS) is 10.0. The summed E-state index contributed by atoms with van der Waals surface area (Å²) in [5, 5.41) is 0.449. The monoisotopic (exact) mass is 174 g/mol. The zero-order valence-corrected chi connectivity index (χ0v) is 6.73. The minimum Gasteiger partial charge on any atom is -0.368 e. The van der Waals surface area contributed by atoms with E-state index in [9.17, 15) is 4.39 Å². The molecule has 4 nitrogen and oxygen atoms in total. The summed E-state index contributed by atoms with van der Waals surface area (Å²) in [7, 11) is 0. The molecule has 0 spiro atoms. The van der Waals surface area contributed by atoms with Gasteiger partial charge in [0.15, 0.2) is 11.0 Å². The van der Waals surface area contributed by atoms with Crippen molar-refractivity contribution in [3.63, 3.8) is 0 Å². The third-order valence-corrected chi connectivity index (χ3v) is 1.53. The number of anilines is 1. The highest BCUT2D eigenvalue weighted by atomic mass is 32.2. The zero-order valence-electron chi connectivity index (χ0n) is 5.91. The first-order chi connectivity index (χ1) is 5.26. The van der Waals surface area contributed by atoms with E-state index in [0.29, 0.717) is 5.16 Å². The molecule has 0 aliphatic carbocycles. The molecule has 0 radical (unpaired) electrons. The second-order valence-electron chi connectivity index (χ2n) is 1.73. The van der Waals surface area contributed by atoms with E-state index in [1.165, 1.54) is 11.8 Å². The zero-order chi connectivity index (χ0) is 8.27. The number of nitrogens with two attached hydrogens (primary N) is 1. The Bertz CT molecular complexity index is 232. The van der Waals surface area contributed by atoms with Crippen molar-refractivity contribution >= 4 is 17.7 Å². The van der Waals surface area contributed by atoms with Gasteiger partial charge in [-0.3, -0.25) is 0 Å². The largest absolute Gasteiger partial charge is 0.368 e. The van der Waals surface area contributed by atoms with E-state index in [1.54, 1.807) is 6.26 Å². The van der Waals surface area contributed by atoms with Crippen LogP contribution in [0.3, 0.4) is 0 Å². The van der Waals surface area contributed by atoms with Crippen molar-refractivity contribution in [1.82, 2.24) is 15.0 Å². The molecule has 11 heavy (non-hydrogen) atoms. The fraction of sp³-hybridized carbons (Fsp3) is 0.400. The minimum atomic E-state index is -0.708. The van der Waals surface area contributed by atoms with Gasteiger partial charge < -0.3 is 5.73 Å². The minimum absolute atomic E-state index is 0.0667. The number of halogens is 1. The number of hydrogen-bond acceptors (Lipinski definition) is 5. The highest BCUT2D eigenvalue weighted by molar-refractivity contribution is 7.98. The number of rotatable bonds is 2. The Labute approximate surface area is 67.4 Å². The molecule has 0 aromatic carbocycles. The van der Waals surface area contributed by atoms with Gasteiger partial charge in [0.05, 0.1) is 0 Å². The van der Waals surface area contributed by atoms with Gasteiger partial charge in [0, 0.05) is 0 Å². The molecule has 1 aromatic rings. The molecular formula is C5H7FN4S. The second kappa shape index (κ2) is 3.47. The maximum Gasteiger partial charge on any atom is 0.224 e. The molecule has 0 bridgehead atoms. The van der Waals surface area contributed by atoms with Gasteiger partial charge in [-0.1, -0.05) is 11.8 Å². The van der Waals surface area contributed by atoms with Crippen LogP contribution in [-0.4, -0.2) is 21.2 Å². The van der Waals surface area contributed by atoms with E-state index in [1.807, 2.05) is 0 Å². The van der Waals surface area contributed by atoms with Gasteiger partial charge in [0.25, 0.3) is 0 Å². The predicted molar refractivity (Wildman–Crippen MR) is 40.8 cm³/mol. The third-order valence-electron chi connectivity index (χ3n) is 0.981. The maximum atomic E-state index is 12.0. The third kappa shape index (κ3) is 2.01. The predicted octanol–water partition coefficient (Wildman–Crippen LogP) is 0.645. The standard InChI is InChI=1S/C5H7FN4S/c1-11-5-9-3(2-6)8-4(7)10-5/h2H2,1H3,(H2,7,8,9,10). The Morgan fingerprint density at radius 1 is 1.45 bits per heavy atom. The van der Waals surface area contributed by atoms with Crippen molar-refractivity contribution < 1.29 is 4.39 Å². The molecule has 0 fully saturated rings. The molecule has 60 valence electrons. The van der Waals surface area contributed by atoms with Gasteiger partial charge in [0.1, 0.15) is 6.67 Å². The van der Waals surface area contributed by atoms with Crippen LogP contribution < -0.4 is 5.73 Å². The van der Waals surface area contributed by atoms with Crippen LogP contribution in [0.2, 0.25) is 0 Å². The quantitative estimate of drug-likeness (QED) is 0.667. The summed E-state index contributed by atoms with van der Waals surface area (Å²) < 4.78 is 12.0. The summed E-state index contributed by atoms with van der Waals surface area (Å²) in [6, 6.07) is 0. The fourth-order valence-electron chi connectivity index (χ4n) is 0.567. The molecule has 0 atom stereocenters. The average Bonchev–Trinajstić information content (AvgIpc) is 2.03. The second-order valence-corrected chi connectivity index (χ2v) is 2.50. The molecule has 0 amide bonds. The lowest BCUT2D eigenvalue weighted by atomic mass is 10.7. The van der Waals surface area contributed by atoms with Gasteiger partial charge in [-0.05, 0) is 6.26 Å². The van der Waals surface area contributed by atoms with Crippen LogP contribution in [0.5, 0.6) is 0 Å². The number of nitrogens with zero attached hydrogens (tertiary/aromatic N) is 3. The summed E-state index contributed by atoms with van der Waals surface area (Å²) in [4.78, 5) is 11.1. The molecule has 1 aromatic heterocycles. The lowest BCUT2D eigenvalue weighted by molar-refractivity contribution is 0.460. The lowest BCUT2D eigenvalue weighted by Gasteiger charge is -1.97. The topological polar surface area (TPSA) is 64.7 Å². The van der Waals surface area contributed by atoms with Crippen molar-refractivity contribution in [1.29, 1.82) is 0 Å². The summed E-state index contributed by atoms with van der Waals surface area (Å²) in [6.07, 6.45) is 1.79. The summed E-state index contributed by atoms with van der Waals surface area (Å²) in [5.41, 5.74) is 5.27. The van der Waals surface area contributed by atoms with Crippen molar-refractivity contribution in [2.75, 3.05) is 12.0 Å². The van der Waals surface area contributed by atoms with Crippen molar-refractivity contribution in [2.45, 2.75) is 11.8 Å². The van der Waals surface area contributed by atoms with E-state index >= 15 is 0 Å². The van der Waals surface area contributed by atoms with Crippen molar-refractivity contribution in [2.24, 2.45) is 0 Å². The summed E-state index contributed by atoms with van der Waals surface area (Å²) in [5.74, 6) is 0.152. The first kappa shape index (κ1) is 8.19. The lowest BCUT2D eigenvalue weighted by Crippen LogP contribution is -2.02. The smallest absolute Gasteiger partial charge is 0.224 e. The highest BCUT2D eigenvalue weighted by Gasteiger charge is 2.01. The van der Waals surface area contributed by atoms with Crippen LogP contribution in [0, 0.1) is 0 Å². The summed E-state index contributed by atoms with van der Waals surface area (Å²) >= 11 is 1.30. The van der Waals surface area contributed by atoms with E-state index < -0.39 is 6.67 Å². The van der Waals surface area contributed by atoms with Crippen molar-refractivity contribution in [3.8, 4) is 0 Å². The van der Waals surface area contributed by atoms with Gasteiger partial charge in [-0.2, -0.15) is 9.97 Å². The number of aromatic nitrogens is 3.